The molecule has 0 aromatic carbocycles. The van der Waals surface area contributed by atoms with Gasteiger partial charge in [0, 0.05) is 16.9 Å². The number of nitrogens with two attached hydrogens (primary N) is 1. The van der Waals surface area contributed by atoms with E-state index in [1.165, 1.54) is 24.9 Å². The molecule has 1 heterocycles. The third-order valence-electron chi connectivity index (χ3n) is 3.70. The molecule has 0 aliphatic heterocycles. The molecular weight excluding hydrogens is 374 g/mol. The average molecular weight is 392 g/mol. The first-order chi connectivity index (χ1) is 9.90. The SMILES string of the molecule is NC(=S)C(NS(=O)(=O)c1cncc(Br)c1)C1CCCCC1. The lowest BCUT2D eigenvalue weighted by Crippen LogP contribution is -2.48. The first-order valence-electron chi connectivity index (χ1n) is 6.82. The van der Waals surface area contributed by atoms with Crippen LogP contribution >= 0.6 is 28.1 Å². The van der Waals surface area contributed by atoms with Crippen LogP contribution in [0.1, 0.15) is 32.1 Å². The Morgan fingerprint density at radius 2 is 2.05 bits per heavy atom. The van der Waals surface area contributed by atoms with E-state index in [4.69, 9.17) is 18.0 Å². The quantitative estimate of drug-likeness (QED) is 0.752. The Morgan fingerprint density at radius 3 is 2.62 bits per heavy atom. The fourth-order valence-electron chi connectivity index (χ4n) is 2.63. The number of hydrogen-bond acceptors (Lipinski definition) is 4. The number of nitrogens with one attached hydrogen (secondary N) is 1. The number of hydrogen-bond donors (Lipinski definition) is 2. The normalized spacial score (nSPS) is 18.3. The van der Waals surface area contributed by atoms with Gasteiger partial charge in [-0.25, -0.2) is 13.1 Å². The van der Waals surface area contributed by atoms with Crippen molar-refractivity contribution in [3.8, 4) is 0 Å². The summed E-state index contributed by atoms with van der Waals surface area (Å²) < 4.78 is 28.2. The molecule has 1 atom stereocenters. The fraction of sp³-hybridized carbons (Fsp3) is 0.538. The van der Waals surface area contributed by atoms with E-state index in [9.17, 15) is 8.42 Å². The van der Waals surface area contributed by atoms with Crippen LogP contribution in [0.5, 0.6) is 0 Å². The number of halogens is 1. The molecule has 1 aliphatic carbocycles. The first kappa shape index (κ1) is 16.8. The molecule has 1 aromatic heterocycles. The van der Waals surface area contributed by atoms with Crippen LogP contribution in [0.3, 0.4) is 0 Å². The Morgan fingerprint density at radius 1 is 1.38 bits per heavy atom. The van der Waals surface area contributed by atoms with Crippen molar-refractivity contribution < 1.29 is 8.42 Å². The number of aromatic nitrogens is 1. The maximum Gasteiger partial charge on any atom is 0.242 e. The molecule has 0 spiro atoms. The molecule has 1 saturated carbocycles. The van der Waals surface area contributed by atoms with Crippen molar-refractivity contribution in [1.82, 2.24) is 9.71 Å². The predicted octanol–water partition coefficient (Wildman–Crippen LogP) is 2.36. The van der Waals surface area contributed by atoms with Crippen molar-refractivity contribution >= 4 is 43.2 Å². The summed E-state index contributed by atoms with van der Waals surface area (Å²) in [5, 5.41) is 0. The standard InChI is InChI=1S/C13H18BrN3O2S2/c14-10-6-11(8-16-7-10)21(18,19)17-12(13(15)20)9-4-2-1-3-5-9/h6-9,12,17H,1-5H2,(H2,15,20). The minimum atomic E-state index is -3.69. The van der Waals surface area contributed by atoms with Gasteiger partial charge in [-0.2, -0.15) is 0 Å². The molecule has 1 fully saturated rings. The minimum Gasteiger partial charge on any atom is -0.392 e. The molecule has 116 valence electrons. The number of thiocarbonyl (C=S) groups is 1. The third kappa shape index (κ3) is 4.45. The lowest BCUT2D eigenvalue weighted by atomic mass is 9.84. The second kappa shape index (κ2) is 7.13. The van der Waals surface area contributed by atoms with E-state index in [1.54, 1.807) is 0 Å². The average Bonchev–Trinajstić information content (AvgIpc) is 2.45. The molecular formula is C13H18BrN3O2S2. The summed E-state index contributed by atoms with van der Waals surface area (Å²) in [7, 11) is -3.69. The van der Waals surface area contributed by atoms with Crippen molar-refractivity contribution in [3.63, 3.8) is 0 Å². The van der Waals surface area contributed by atoms with Crippen molar-refractivity contribution in [2.24, 2.45) is 11.7 Å². The second-order valence-corrected chi connectivity index (χ2v) is 8.34. The van der Waals surface area contributed by atoms with Crippen molar-refractivity contribution in [3.05, 3.63) is 22.9 Å². The van der Waals surface area contributed by atoms with Gasteiger partial charge in [-0.1, -0.05) is 31.5 Å². The van der Waals surface area contributed by atoms with Gasteiger partial charge in [0.2, 0.25) is 10.0 Å². The van der Waals surface area contributed by atoms with Crippen LogP contribution in [0.2, 0.25) is 0 Å². The molecule has 0 bridgehead atoms. The number of rotatable bonds is 5. The van der Waals surface area contributed by atoms with Crippen LogP contribution in [-0.2, 0) is 10.0 Å². The van der Waals surface area contributed by atoms with Crippen LogP contribution in [0.25, 0.3) is 0 Å². The van der Waals surface area contributed by atoms with Gasteiger partial charge in [-0.3, -0.25) is 4.98 Å². The molecule has 5 nitrogen and oxygen atoms in total. The van der Waals surface area contributed by atoms with Crippen LogP contribution in [0.4, 0.5) is 0 Å². The number of pyridine rings is 1. The topological polar surface area (TPSA) is 85.1 Å². The molecule has 2 rings (SSSR count). The van der Waals surface area contributed by atoms with Crippen molar-refractivity contribution in [1.29, 1.82) is 0 Å². The van der Waals surface area contributed by atoms with Gasteiger partial charge in [0.05, 0.1) is 11.0 Å². The number of sulfonamides is 1. The zero-order chi connectivity index (χ0) is 15.5. The van der Waals surface area contributed by atoms with Gasteiger partial charge in [-0.05, 0) is 40.8 Å². The van der Waals surface area contributed by atoms with Gasteiger partial charge in [0.15, 0.2) is 0 Å². The second-order valence-electron chi connectivity index (χ2n) is 5.24. The number of nitrogens with zero attached hydrogens (tertiary/aromatic N) is 1. The highest BCUT2D eigenvalue weighted by atomic mass is 79.9. The van der Waals surface area contributed by atoms with E-state index < -0.39 is 16.1 Å². The van der Waals surface area contributed by atoms with E-state index in [1.807, 2.05) is 0 Å². The van der Waals surface area contributed by atoms with Gasteiger partial charge in [0.25, 0.3) is 0 Å². The summed E-state index contributed by atoms with van der Waals surface area (Å²) in [5.74, 6) is 0.172. The van der Waals surface area contributed by atoms with Gasteiger partial charge < -0.3 is 5.73 Å². The Kier molecular flexibility index (Phi) is 5.70. The maximum absolute atomic E-state index is 12.5. The summed E-state index contributed by atoms with van der Waals surface area (Å²) in [4.78, 5) is 4.19. The van der Waals surface area contributed by atoms with E-state index in [2.05, 4.69) is 25.6 Å². The molecule has 0 radical (unpaired) electrons. The van der Waals surface area contributed by atoms with Crippen LogP contribution in [0.15, 0.2) is 27.8 Å². The van der Waals surface area contributed by atoms with E-state index in [0.717, 1.165) is 25.7 Å². The molecule has 1 aliphatic rings. The molecule has 1 aromatic rings. The van der Waals surface area contributed by atoms with Crippen LogP contribution in [-0.4, -0.2) is 24.4 Å². The monoisotopic (exact) mass is 391 g/mol. The maximum atomic E-state index is 12.5. The fourth-order valence-corrected chi connectivity index (χ4v) is 4.74. The van der Waals surface area contributed by atoms with E-state index in [-0.39, 0.29) is 15.8 Å². The molecule has 8 heteroatoms. The van der Waals surface area contributed by atoms with Gasteiger partial charge in [0.1, 0.15) is 4.90 Å². The Labute approximate surface area is 138 Å². The molecule has 0 saturated heterocycles. The van der Waals surface area contributed by atoms with E-state index >= 15 is 0 Å². The summed E-state index contributed by atoms with van der Waals surface area (Å²) >= 11 is 8.29. The Balaban J connectivity index is 2.21. The molecule has 3 N–H and O–H groups in total. The lowest BCUT2D eigenvalue weighted by Gasteiger charge is -2.29. The van der Waals surface area contributed by atoms with Gasteiger partial charge in [-0.15, -0.1) is 0 Å². The summed E-state index contributed by atoms with van der Waals surface area (Å²) in [6, 6.07) is 1.01. The zero-order valence-corrected chi connectivity index (χ0v) is 14.7. The zero-order valence-electron chi connectivity index (χ0n) is 11.5. The smallest absolute Gasteiger partial charge is 0.242 e. The third-order valence-corrected chi connectivity index (χ3v) is 5.80. The first-order valence-corrected chi connectivity index (χ1v) is 9.51. The molecule has 1 unspecified atom stereocenters. The largest absolute Gasteiger partial charge is 0.392 e. The predicted molar refractivity (Wildman–Crippen MR) is 89.4 cm³/mol. The van der Waals surface area contributed by atoms with Crippen LogP contribution in [0, 0.1) is 5.92 Å². The van der Waals surface area contributed by atoms with E-state index in [0.29, 0.717) is 4.47 Å². The summed E-state index contributed by atoms with van der Waals surface area (Å²) in [6.07, 6.45) is 8.09. The summed E-state index contributed by atoms with van der Waals surface area (Å²) in [5.41, 5.74) is 5.76. The highest BCUT2D eigenvalue weighted by Gasteiger charge is 2.30. The highest BCUT2D eigenvalue weighted by molar-refractivity contribution is 9.10. The van der Waals surface area contributed by atoms with Crippen LogP contribution < -0.4 is 10.5 Å². The van der Waals surface area contributed by atoms with Crippen molar-refractivity contribution in [2.45, 2.75) is 43.0 Å². The minimum absolute atomic E-state index is 0.105. The van der Waals surface area contributed by atoms with Crippen molar-refractivity contribution in [2.75, 3.05) is 0 Å². The summed E-state index contributed by atoms with van der Waals surface area (Å²) in [6.45, 7) is 0. The molecule has 0 amide bonds. The Bertz CT molecular complexity index is 616. The molecule has 21 heavy (non-hydrogen) atoms. The highest BCUT2D eigenvalue weighted by Crippen LogP contribution is 2.27. The lowest BCUT2D eigenvalue weighted by molar-refractivity contribution is 0.330. The van der Waals surface area contributed by atoms with Gasteiger partial charge >= 0.3 is 0 Å². The Hall–Kier alpha value is -0.570.